The van der Waals surface area contributed by atoms with E-state index in [1.54, 1.807) is 0 Å². The summed E-state index contributed by atoms with van der Waals surface area (Å²) in [4.78, 5) is 3.71. The second-order valence-corrected chi connectivity index (χ2v) is 4.93. The minimum Gasteiger partial charge on any atom is -0.367 e. The third kappa shape index (κ3) is 3.12. The highest BCUT2D eigenvalue weighted by atomic mass is 19.1. The number of hydrogen-bond acceptors (Lipinski definition) is 3. The van der Waals surface area contributed by atoms with Gasteiger partial charge >= 0.3 is 0 Å². The van der Waals surface area contributed by atoms with Crippen molar-refractivity contribution < 1.29 is 8.78 Å². The number of hydrogen-bond donors (Lipinski definition) is 2. The van der Waals surface area contributed by atoms with Crippen LogP contribution in [-0.2, 0) is 0 Å². The third-order valence-corrected chi connectivity index (χ3v) is 3.18. The van der Waals surface area contributed by atoms with Crippen LogP contribution >= 0.6 is 0 Å². The van der Waals surface area contributed by atoms with Crippen molar-refractivity contribution in [3.8, 4) is 0 Å². The molecule has 2 rings (SSSR count). The lowest BCUT2D eigenvalue weighted by molar-refractivity contribution is 0.253. The highest BCUT2D eigenvalue weighted by molar-refractivity contribution is 5.36. The first-order chi connectivity index (χ1) is 8.09. The maximum absolute atomic E-state index is 13.3. The molecule has 1 aliphatic heterocycles. The van der Waals surface area contributed by atoms with E-state index in [1.807, 2.05) is 0 Å². The van der Waals surface area contributed by atoms with Crippen molar-refractivity contribution in [3.05, 3.63) is 23.9 Å². The van der Waals surface area contributed by atoms with E-state index in [9.17, 15) is 8.78 Å². The van der Waals surface area contributed by atoms with E-state index >= 15 is 0 Å². The number of pyridine rings is 1. The Bertz CT molecular complexity index is 389. The zero-order valence-corrected chi connectivity index (χ0v) is 9.89. The third-order valence-electron chi connectivity index (χ3n) is 3.18. The summed E-state index contributed by atoms with van der Waals surface area (Å²) >= 11 is 0. The van der Waals surface area contributed by atoms with Gasteiger partial charge in [0.25, 0.3) is 0 Å². The number of nitrogens with zero attached hydrogens (tertiary/aromatic N) is 1. The monoisotopic (exact) mass is 241 g/mol. The van der Waals surface area contributed by atoms with Gasteiger partial charge in [0.15, 0.2) is 11.6 Å². The molecule has 1 aromatic rings. The zero-order valence-electron chi connectivity index (χ0n) is 9.89. The van der Waals surface area contributed by atoms with Crippen LogP contribution in [0.1, 0.15) is 19.8 Å². The normalized spacial score (nSPS) is 24.6. The van der Waals surface area contributed by atoms with E-state index in [0.29, 0.717) is 6.54 Å². The summed E-state index contributed by atoms with van der Waals surface area (Å²) in [6.45, 7) is 4.73. The second-order valence-electron chi connectivity index (χ2n) is 4.93. The number of aromatic nitrogens is 1. The molecule has 1 aromatic heterocycles. The molecule has 2 N–H and O–H groups in total. The second kappa shape index (κ2) is 4.96. The van der Waals surface area contributed by atoms with Crippen LogP contribution in [0.25, 0.3) is 0 Å². The molecule has 0 aliphatic carbocycles. The number of halogens is 2. The molecule has 17 heavy (non-hydrogen) atoms. The first kappa shape index (κ1) is 12.2. The van der Waals surface area contributed by atoms with Gasteiger partial charge in [-0.1, -0.05) is 6.92 Å². The van der Waals surface area contributed by atoms with Crippen LogP contribution in [0, 0.1) is 17.0 Å². The minimum absolute atomic E-state index is 0.0980. The lowest BCUT2D eigenvalue weighted by Crippen LogP contribution is -2.42. The smallest absolute Gasteiger partial charge is 0.168 e. The van der Waals surface area contributed by atoms with E-state index in [0.717, 1.165) is 38.2 Å². The first-order valence-corrected chi connectivity index (χ1v) is 5.85. The lowest BCUT2D eigenvalue weighted by atomic mass is 9.83. The summed E-state index contributed by atoms with van der Waals surface area (Å²) in [5, 5.41) is 6.28. The molecule has 1 aliphatic rings. The zero-order chi connectivity index (χ0) is 12.3. The van der Waals surface area contributed by atoms with Gasteiger partial charge in [-0.25, -0.2) is 13.8 Å². The van der Waals surface area contributed by atoms with Crippen LogP contribution in [-0.4, -0.2) is 24.6 Å². The first-order valence-electron chi connectivity index (χ1n) is 5.85. The van der Waals surface area contributed by atoms with E-state index in [1.165, 1.54) is 0 Å². The molecule has 0 saturated carbocycles. The molecular formula is C12H17F2N3. The van der Waals surface area contributed by atoms with Gasteiger partial charge in [-0.05, 0) is 24.8 Å². The average Bonchev–Trinajstić information content (AvgIpc) is 2.29. The molecule has 2 heterocycles. The quantitative estimate of drug-likeness (QED) is 0.851. The van der Waals surface area contributed by atoms with Crippen LogP contribution in [0.4, 0.5) is 14.6 Å². The maximum Gasteiger partial charge on any atom is 0.168 e. The van der Waals surface area contributed by atoms with Crippen LogP contribution in [0.15, 0.2) is 12.3 Å². The fourth-order valence-corrected chi connectivity index (χ4v) is 2.11. The number of rotatable bonds is 3. The van der Waals surface area contributed by atoms with Crippen molar-refractivity contribution >= 4 is 5.82 Å². The van der Waals surface area contributed by atoms with Gasteiger partial charge in [0, 0.05) is 19.2 Å². The van der Waals surface area contributed by atoms with Crippen LogP contribution < -0.4 is 10.6 Å². The van der Waals surface area contributed by atoms with Crippen LogP contribution in [0.5, 0.6) is 0 Å². The molecule has 1 fully saturated rings. The van der Waals surface area contributed by atoms with Crippen molar-refractivity contribution in [1.82, 2.24) is 10.3 Å². The molecule has 0 spiro atoms. The summed E-state index contributed by atoms with van der Waals surface area (Å²) in [5.41, 5.74) is 0.0980. The SMILES string of the molecule is CC1(CNc2ncc(F)cc2F)CCCNC1. The van der Waals surface area contributed by atoms with E-state index in [2.05, 4.69) is 22.5 Å². The van der Waals surface area contributed by atoms with Gasteiger partial charge in [0.05, 0.1) is 6.20 Å². The van der Waals surface area contributed by atoms with E-state index in [-0.39, 0.29) is 11.2 Å². The summed E-state index contributed by atoms with van der Waals surface area (Å²) < 4.78 is 26.0. The Morgan fingerprint density at radius 2 is 2.35 bits per heavy atom. The largest absolute Gasteiger partial charge is 0.367 e. The van der Waals surface area contributed by atoms with E-state index < -0.39 is 11.6 Å². The van der Waals surface area contributed by atoms with Crippen molar-refractivity contribution in [2.45, 2.75) is 19.8 Å². The van der Waals surface area contributed by atoms with Gasteiger partial charge < -0.3 is 10.6 Å². The Kier molecular flexibility index (Phi) is 3.57. The number of anilines is 1. The molecule has 94 valence electrons. The number of piperidine rings is 1. The summed E-state index contributed by atoms with van der Waals surface area (Å²) in [6, 6.07) is 0.844. The molecule has 3 nitrogen and oxygen atoms in total. The molecule has 1 unspecified atom stereocenters. The van der Waals surface area contributed by atoms with Crippen molar-refractivity contribution in [2.75, 3.05) is 25.0 Å². The molecule has 1 atom stereocenters. The van der Waals surface area contributed by atoms with Gasteiger partial charge in [0.1, 0.15) is 5.82 Å². The topological polar surface area (TPSA) is 37.0 Å². The molecule has 0 amide bonds. The van der Waals surface area contributed by atoms with Gasteiger partial charge in [0.2, 0.25) is 0 Å². The molecule has 0 aromatic carbocycles. The van der Waals surface area contributed by atoms with Gasteiger partial charge in [-0.3, -0.25) is 0 Å². The number of nitrogens with one attached hydrogen (secondary N) is 2. The minimum atomic E-state index is -0.654. The Morgan fingerprint density at radius 3 is 3.00 bits per heavy atom. The molecule has 0 bridgehead atoms. The predicted molar refractivity (Wildman–Crippen MR) is 62.9 cm³/mol. The van der Waals surface area contributed by atoms with Crippen molar-refractivity contribution in [2.24, 2.45) is 5.41 Å². The standard InChI is InChI=1S/C12H17F2N3/c1-12(3-2-4-15-7-12)8-17-11-10(14)5-9(13)6-16-11/h5-6,15H,2-4,7-8H2,1H3,(H,16,17). The van der Waals surface area contributed by atoms with Gasteiger partial charge in [-0.15, -0.1) is 0 Å². The molecule has 5 heteroatoms. The lowest BCUT2D eigenvalue weighted by Gasteiger charge is -2.34. The maximum atomic E-state index is 13.3. The Labute approximate surface area is 99.6 Å². The fraction of sp³-hybridized carbons (Fsp3) is 0.583. The molecule has 0 radical (unpaired) electrons. The van der Waals surface area contributed by atoms with E-state index in [4.69, 9.17) is 0 Å². The van der Waals surface area contributed by atoms with Crippen LogP contribution in [0.3, 0.4) is 0 Å². The van der Waals surface area contributed by atoms with Crippen molar-refractivity contribution in [1.29, 1.82) is 0 Å². The Hall–Kier alpha value is -1.23. The highest BCUT2D eigenvalue weighted by Gasteiger charge is 2.26. The molecule has 1 saturated heterocycles. The summed E-state index contributed by atoms with van der Waals surface area (Å²) in [5.74, 6) is -1.17. The predicted octanol–water partition coefficient (Wildman–Crippen LogP) is 2.16. The Balaban J connectivity index is 1.97. The van der Waals surface area contributed by atoms with Gasteiger partial charge in [-0.2, -0.15) is 0 Å². The average molecular weight is 241 g/mol. The summed E-state index contributed by atoms with van der Waals surface area (Å²) in [6.07, 6.45) is 3.24. The summed E-state index contributed by atoms with van der Waals surface area (Å²) in [7, 11) is 0. The highest BCUT2D eigenvalue weighted by Crippen LogP contribution is 2.26. The molecular weight excluding hydrogens is 224 g/mol. The van der Waals surface area contributed by atoms with Crippen molar-refractivity contribution in [3.63, 3.8) is 0 Å². The fourth-order valence-electron chi connectivity index (χ4n) is 2.11. The van der Waals surface area contributed by atoms with Crippen LogP contribution in [0.2, 0.25) is 0 Å². The Morgan fingerprint density at radius 1 is 1.53 bits per heavy atom.